The maximum absolute atomic E-state index is 11.3. The molecule has 1 aromatic carbocycles. The Labute approximate surface area is 122 Å². The van der Waals surface area contributed by atoms with Crippen LogP contribution in [-0.4, -0.2) is 42.3 Å². The van der Waals surface area contributed by atoms with E-state index in [0.29, 0.717) is 5.56 Å². The minimum atomic E-state index is -1.03. The first-order valence-electron chi connectivity index (χ1n) is 5.20. The molecule has 0 heterocycles. The van der Waals surface area contributed by atoms with Gasteiger partial charge in [0.25, 0.3) is 5.78 Å². The summed E-state index contributed by atoms with van der Waals surface area (Å²) in [6.07, 6.45) is 0.772. The SMILES string of the molecule is CCOC(=O)C(=O)/C=C(\O)c1cccc(C#N)c1.[LiH]. The predicted octanol–water partition coefficient (Wildman–Crippen LogP) is 0.941. The Bertz CT molecular complexity index is 546. The van der Waals surface area contributed by atoms with Gasteiger partial charge in [-0.2, -0.15) is 5.26 Å². The Morgan fingerprint density at radius 2 is 2.16 bits per heavy atom. The molecular formula is C13H12LiNO4. The van der Waals surface area contributed by atoms with E-state index in [-0.39, 0.29) is 36.8 Å². The van der Waals surface area contributed by atoms with E-state index in [0.717, 1.165) is 6.08 Å². The molecule has 6 heteroatoms. The van der Waals surface area contributed by atoms with Crippen LogP contribution >= 0.6 is 0 Å². The molecule has 0 amide bonds. The van der Waals surface area contributed by atoms with Crippen molar-refractivity contribution in [3.63, 3.8) is 0 Å². The fourth-order valence-electron chi connectivity index (χ4n) is 1.22. The van der Waals surface area contributed by atoms with Crippen molar-refractivity contribution in [3.05, 3.63) is 41.5 Å². The predicted molar refractivity (Wildman–Crippen MR) is 70.6 cm³/mol. The van der Waals surface area contributed by atoms with Gasteiger partial charge in [-0.05, 0) is 19.1 Å². The van der Waals surface area contributed by atoms with Gasteiger partial charge in [0.1, 0.15) is 5.76 Å². The molecule has 0 radical (unpaired) electrons. The van der Waals surface area contributed by atoms with Crippen molar-refractivity contribution >= 4 is 36.4 Å². The maximum atomic E-state index is 11.3. The molecule has 0 bridgehead atoms. The standard InChI is InChI=1S/C13H11NO4.Li.H/c1-2-18-13(17)12(16)7-11(15)10-5-3-4-9(6-10)8-14;;/h3-7,15H,2H2,1H3;;/b11-7-;;. The first-order valence-corrected chi connectivity index (χ1v) is 5.20. The van der Waals surface area contributed by atoms with Crippen molar-refractivity contribution in [1.29, 1.82) is 5.26 Å². The van der Waals surface area contributed by atoms with Crippen molar-refractivity contribution in [2.45, 2.75) is 6.92 Å². The van der Waals surface area contributed by atoms with E-state index in [4.69, 9.17) is 5.26 Å². The van der Waals surface area contributed by atoms with Crippen LogP contribution in [0.2, 0.25) is 0 Å². The van der Waals surface area contributed by atoms with E-state index >= 15 is 0 Å². The van der Waals surface area contributed by atoms with Crippen molar-refractivity contribution in [2.24, 2.45) is 0 Å². The van der Waals surface area contributed by atoms with Crippen LogP contribution in [0.4, 0.5) is 0 Å². The molecule has 94 valence electrons. The molecule has 1 rings (SSSR count). The zero-order valence-corrected chi connectivity index (χ0v) is 9.71. The number of aliphatic hydroxyl groups excluding tert-OH is 1. The first-order chi connectivity index (χ1) is 8.58. The Kier molecular flexibility index (Phi) is 7.29. The van der Waals surface area contributed by atoms with Crippen LogP contribution in [0.15, 0.2) is 30.3 Å². The van der Waals surface area contributed by atoms with Gasteiger partial charge in [-0.1, -0.05) is 12.1 Å². The summed E-state index contributed by atoms with van der Waals surface area (Å²) in [6.45, 7) is 1.66. The number of benzene rings is 1. The van der Waals surface area contributed by atoms with Crippen LogP contribution in [-0.2, 0) is 14.3 Å². The molecule has 0 spiro atoms. The van der Waals surface area contributed by atoms with Crippen LogP contribution in [0.5, 0.6) is 0 Å². The number of carbonyl (C=O) groups excluding carboxylic acids is 2. The number of esters is 1. The first kappa shape index (κ1) is 17.0. The molecule has 19 heavy (non-hydrogen) atoms. The average Bonchev–Trinajstić information content (AvgIpc) is 2.39. The van der Waals surface area contributed by atoms with Gasteiger partial charge in [0.15, 0.2) is 0 Å². The number of nitrogens with zero attached hydrogens (tertiary/aromatic N) is 1. The molecule has 1 N–H and O–H groups in total. The summed E-state index contributed by atoms with van der Waals surface area (Å²) in [5.74, 6) is -2.36. The van der Waals surface area contributed by atoms with E-state index in [1.165, 1.54) is 12.1 Å². The van der Waals surface area contributed by atoms with Gasteiger partial charge in [0.2, 0.25) is 0 Å². The molecule has 0 aliphatic rings. The van der Waals surface area contributed by atoms with Crippen molar-refractivity contribution in [1.82, 2.24) is 0 Å². The molecule has 0 aliphatic heterocycles. The number of rotatable bonds is 4. The second-order valence-electron chi connectivity index (χ2n) is 3.31. The Hall–Kier alpha value is -2.01. The normalized spacial score (nSPS) is 10.0. The summed E-state index contributed by atoms with van der Waals surface area (Å²) in [5, 5.41) is 18.3. The molecule has 0 saturated heterocycles. The topological polar surface area (TPSA) is 87.4 Å². The van der Waals surface area contributed by atoms with Gasteiger partial charge in [0.05, 0.1) is 18.2 Å². The van der Waals surface area contributed by atoms with Crippen LogP contribution in [0.1, 0.15) is 18.1 Å². The molecule has 5 nitrogen and oxygen atoms in total. The molecular weight excluding hydrogens is 241 g/mol. The van der Waals surface area contributed by atoms with Crippen molar-refractivity contribution in [3.8, 4) is 6.07 Å². The minimum absolute atomic E-state index is 0. The van der Waals surface area contributed by atoms with Gasteiger partial charge in [-0.25, -0.2) is 4.79 Å². The number of ether oxygens (including phenoxy) is 1. The number of hydrogen-bond acceptors (Lipinski definition) is 5. The van der Waals surface area contributed by atoms with Crippen molar-refractivity contribution < 1.29 is 19.4 Å². The van der Waals surface area contributed by atoms with E-state index in [2.05, 4.69) is 4.74 Å². The van der Waals surface area contributed by atoms with Crippen molar-refractivity contribution in [2.75, 3.05) is 6.61 Å². The molecule has 0 aliphatic carbocycles. The average molecular weight is 253 g/mol. The van der Waals surface area contributed by atoms with Gasteiger partial charge in [-0.3, -0.25) is 4.79 Å². The third kappa shape index (κ3) is 5.01. The third-order valence-electron chi connectivity index (χ3n) is 2.03. The van der Waals surface area contributed by atoms with Gasteiger partial charge in [0, 0.05) is 11.6 Å². The van der Waals surface area contributed by atoms with E-state index < -0.39 is 11.8 Å². The molecule has 0 saturated carbocycles. The number of carbonyl (C=O) groups is 2. The summed E-state index contributed by atoms with van der Waals surface area (Å²) in [5.41, 5.74) is 0.628. The van der Waals surface area contributed by atoms with Crippen LogP contribution in [0.3, 0.4) is 0 Å². The van der Waals surface area contributed by atoms with Gasteiger partial charge < -0.3 is 9.84 Å². The number of aliphatic hydroxyl groups is 1. The molecule has 0 unspecified atom stereocenters. The molecule has 0 aromatic heterocycles. The van der Waals surface area contributed by atoms with E-state index in [9.17, 15) is 14.7 Å². The summed E-state index contributed by atoms with van der Waals surface area (Å²) in [4.78, 5) is 22.3. The Morgan fingerprint density at radius 1 is 1.47 bits per heavy atom. The zero-order valence-electron chi connectivity index (χ0n) is 9.71. The number of nitriles is 1. The van der Waals surface area contributed by atoms with Crippen LogP contribution < -0.4 is 0 Å². The summed E-state index contributed by atoms with van der Waals surface area (Å²) >= 11 is 0. The van der Waals surface area contributed by atoms with Gasteiger partial charge in [-0.15, -0.1) is 0 Å². The number of hydrogen-bond donors (Lipinski definition) is 1. The van der Waals surface area contributed by atoms with E-state index in [1.54, 1.807) is 19.1 Å². The molecule has 0 fully saturated rings. The van der Waals surface area contributed by atoms with Crippen LogP contribution in [0, 0.1) is 11.3 Å². The quantitative estimate of drug-likeness (QED) is 0.283. The Balaban J connectivity index is 0.00000324. The van der Waals surface area contributed by atoms with E-state index in [1.807, 2.05) is 6.07 Å². The monoisotopic (exact) mass is 253 g/mol. The summed E-state index contributed by atoms with van der Waals surface area (Å²) < 4.78 is 4.49. The fraction of sp³-hybridized carbons (Fsp3) is 0.154. The Morgan fingerprint density at radius 3 is 2.74 bits per heavy atom. The summed E-state index contributed by atoms with van der Waals surface area (Å²) in [7, 11) is 0. The zero-order chi connectivity index (χ0) is 13.5. The second kappa shape index (κ2) is 8.15. The summed E-state index contributed by atoms with van der Waals surface area (Å²) in [6, 6.07) is 7.95. The van der Waals surface area contributed by atoms with Crippen LogP contribution in [0.25, 0.3) is 5.76 Å². The molecule has 1 aromatic rings. The fourth-order valence-corrected chi connectivity index (χ4v) is 1.22. The number of ketones is 1. The second-order valence-corrected chi connectivity index (χ2v) is 3.31. The van der Waals surface area contributed by atoms with Gasteiger partial charge >= 0.3 is 24.8 Å². The third-order valence-corrected chi connectivity index (χ3v) is 2.03. The molecule has 0 atom stereocenters.